The number of hydrogen-bond acceptors (Lipinski definition) is 4. The fraction of sp³-hybridized carbons (Fsp3) is 0.217. The van der Waals surface area contributed by atoms with Gasteiger partial charge in [0.1, 0.15) is 5.82 Å². The Balaban J connectivity index is 1.87. The number of aryl methyl sites for hydroxylation is 1. The van der Waals surface area contributed by atoms with E-state index < -0.39 is 0 Å². The molecule has 0 bridgehead atoms. The zero-order chi connectivity index (χ0) is 20.5. The molecule has 0 saturated heterocycles. The van der Waals surface area contributed by atoms with Gasteiger partial charge in [0, 0.05) is 38.4 Å². The maximum Gasteiger partial charge on any atom is 0.332 e. The zero-order valence-corrected chi connectivity index (χ0v) is 16.6. The standard InChI is InChI=1S/C23H22N4O2/c1-15-9-11-18(12-10-15)24-13-17-14-25-21-20(19(17)16-7-5-4-6-8-16)22(28)27(3)23(29)26(21)2/h4-14,17,19H,1-3H3. The van der Waals surface area contributed by atoms with Crippen LogP contribution in [0.1, 0.15) is 22.6 Å². The normalized spacial score (nSPS) is 18.2. The number of rotatable bonds is 3. The molecule has 0 spiro atoms. The molecule has 1 aromatic heterocycles. The van der Waals surface area contributed by atoms with E-state index in [4.69, 9.17) is 0 Å². The molecule has 0 fully saturated rings. The van der Waals surface area contributed by atoms with Gasteiger partial charge in [0.2, 0.25) is 0 Å². The van der Waals surface area contributed by atoms with Gasteiger partial charge in [0.15, 0.2) is 0 Å². The molecule has 146 valence electrons. The van der Waals surface area contributed by atoms with Crippen LogP contribution in [0.5, 0.6) is 0 Å². The van der Waals surface area contributed by atoms with Crippen molar-refractivity contribution in [2.75, 3.05) is 0 Å². The van der Waals surface area contributed by atoms with Gasteiger partial charge < -0.3 is 0 Å². The summed E-state index contributed by atoms with van der Waals surface area (Å²) in [6, 6.07) is 17.8. The average Bonchev–Trinajstić information content (AvgIpc) is 2.75. The highest BCUT2D eigenvalue weighted by Gasteiger charge is 2.33. The molecule has 2 heterocycles. The Morgan fingerprint density at radius 3 is 2.34 bits per heavy atom. The summed E-state index contributed by atoms with van der Waals surface area (Å²) >= 11 is 0. The zero-order valence-electron chi connectivity index (χ0n) is 16.6. The van der Waals surface area contributed by atoms with E-state index in [0.717, 1.165) is 15.8 Å². The Kier molecular flexibility index (Phi) is 4.84. The Labute approximate surface area is 168 Å². The molecule has 0 amide bonds. The minimum atomic E-state index is -0.385. The molecule has 2 unspecified atom stereocenters. The third-order valence-corrected chi connectivity index (χ3v) is 5.32. The van der Waals surface area contributed by atoms with Gasteiger partial charge in [-0.25, -0.2) is 9.79 Å². The summed E-state index contributed by atoms with van der Waals surface area (Å²) in [5, 5.41) is 0. The molecule has 0 saturated carbocycles. The number of benzene rings is 2. The molecule has 1 aliphatic heterocycles. The summed E-state index contributed by atoms with van der Waals surface area (Å²) < 4.78 is 2.57. The highest BCUT2D eigenvalue weighted by molar-refractivity contribution is 5.90. The van der Waals surface area contributed by atoms with Crippen molar-refractivity contribution in [1.82, 2.24) is 9.13 Å². The van der Waals surface area contributed by atoms with Crippen molar-refractivity contribution in [3.05, 3.63) is 92.1 Å². The van der Waals surface area contributed by atoms with Crippen molar-refractivity contribution in [2.24, 2.45) is 30.0 Å². The molecule has 6 heteroatoms. The van der Waals surface area contributed by atoms with E-state index in [1.807, 2.05) is 67.7 Å². The second-order valence-electron chi connectivity index (χ2n) is 7.30. The Morgan fingerprint density at radius 1 is 0.966 bits per heavy atom. The number of hydrogen-bond donors (Lipinski definition) is 0. The lowest BCUT2D eigenvalue weighted by Gasteiger charge is -2.27. The molecule has 0 aliphatic carbocycles. The molecule has 3 aromatic rings. The van der Waals surface area contributed by atoms with Crippen molar-refractivity contribution in [1.29, 1.82) is 0 Å². The molecule has 0 N–H and O–H groups in total. The highest BCUT2D eigenvalue weighted by Crippen LogP contribution is 2.37. The smallest absolute Gasteiger partial charge is 0.281 e. The second kappa shape index (κ2) is 7.47. The Hall–Kier alpha value is -3.54. The van der Waals surface area contributed by atoms with Crippen LogP contribution < -0.4 is 11.2 Å². The summed E-state index contributed by atoms with van der Waals surface area (Å²) in [6.45, 7) is 2.03. The minimum absolute atomic E-state index is 0.212. The van der Waals surface area contributed by atoms with Gasteiger partial charge in [-0.15, -0.1) is 0 Å². The SMILES string of the molecule is Cc1ccc(N=CC2C=Nc3c(c(=O)n(C)c(=O)n3C)C2c2ccccc2)cc1. The van der Waals surface area contributed by atoms with Crippen molar-refractivity contribution < 1.29 is 0 Å². The molecule has 6 nitrogen and oxygen atoms in total. The van der Waals surface area contributed by atoms with E-state index in [1.54, 1.807) is 13.3 Å². The van der Waals surface area contributed by atoms with Gasteiger partial charge in [0.25, 0.3) is 5.56 Å². The van der Waals surface area contributed by atoms with Gasteiger partial charge in [-0.1, -0.05) is 48.0 Å². The van der Waals surface area contributed by atoms with Crippen LogP contribution in [0.15, 0.2) is 74.2 Å². The predicted octanol–water partition coefficient (Wildman–Crippen LogP) is 3.26. The number of nitrogens with zero attached hydrogens (tertiary/aromatic N) is 4. The first-order valence-corrected chi connectivity index (χ1v) is 9.47. The van der Waals surface area contributed by atoms with Crippen LogP contribution >= 0.6 is 0 Å². The summed E-state index contributed by atoms with van der Waals surface area (Å²) in [6.07, 6.45) is 3.61. The lowest BCUT2D eigenvalue weighted by atomic mass is 9.80. The van der Waals surface area contributed by atoms with Gasteiger partial charge >= 0.3 is 5.69 Å². The first kappa shape index (κ1) is 18.8. The Morgan fingerprint density at radius 2 is 1.66 bits per heavy atom. The second-order valence-corrected chi connectivity index (χ2v) is 7.30. The van der Waals surface area contributed by atoms with Crippen LogP contribution in [0.2, 0.25) is 0 Å². The van der Waals surface area contributed by atoms with Crippen molar-refractivity contribution in [3.8, 4) is 0 Å². The predicted molar refractivity (Wildman–Crippen MR) is 116 cm³/mol. The fourth-order valence-corrected chi connectivity index (χ4v) is 3.70. The van der Waals surface area contributed by atoms with Gasteiger partial charge in [0.05, 0.1) is 11.3 Å². The fourth-order valence-electron chi connectivity index (χ4n) is 3.70. The van der Waals surface area contributed by atoms with Gasteiger partial charge in [-0.3, -0.25) is 18.9 Å². The third kappa shape index (κ3) is 3.38. The molecule has 0 radical (unpaired) electrons. The lowest BCUT2D eigenvalue weighted by Crippen LogP contribution is -2.41. The molecule has 2 atom stereocenters. The molecule has 2 aromatic carbocycles. The van der Waals surface area contributed by atoms with E-state index in [-0.39, 0.29) is 23.1 Å². The summed E-state index contributed by atoms with van der Waals surface area (Å²) in [7, 11) is 3.14. The van der Waals surface area contributed by atoms with Gasteiger partial charge in [-0.05, 0) is 24.6 Å². The maximum atomic E-state index is 13.1. The van der Waals surface area contributed by atoms with Crippen LogP contribution in [0.25, 0.3) is 0 Å². The maximum absolute atomic E-state index is 13.1. The first-order valence-electron chi connectivity index (χ1n) is 9.47. The monoisotopic (exact) mass is 386 g/mol. The number of aliphatic imine (C=N–C) groups is 2. The molecule has 1 aliphatic rings. The van der Waals surface area contributed by atoms with Gasteiger partial charge in [-0.2, -0.15) is 0 Å². The summed E-state index contributed by atoms with van der Waals surface area (Å²) in [5.41, 5.74) is 2.81. The third-order valence-electron chi connectivity index (χ3n) is 5.32. The number of fused-ring (bicyclic) bond motifs is 1. The summed E-state index contributed by atoms with van der Waals surface area (Å²) in [5.74, 6) is -0.0771. The molecule has 29 heavy (non-hydrogen) atoms. The first-order chi connectivity index (χ1) is 14.0. The minimum Gasteiger partial charge on any atom is -0.281 e. The van der Waals surface area contributed by atoms with Crippen LogP contribution in [-0.4, -0.2) is 21.6 Å². The van der Waals surface area contributed by atoms with E-state index >= 15 is 0 Å². The highest BCUT2D eigenvalue weighted by atomic mass is 16.2. The topological polar surface area (TPSA) is 68.7 Å². The Bertz CT molecular complexity index is 1220. The molecular formula is C23H22N4O2. The van der Waals surface area contributed by atoms with Crippen LogP contribution in [0.3, 0.4) is 0 Å². The average molecular weight is 386 g/mol. The quantitative estimate of drug-likeness (QED) is 0.649. The van der Waals surface area contributed by atoms with E-state index in [2.05, 4.69) is 9.98 Å². The van der Waals surface area contributed by atoms with Crippen molar-refractivity contribution in [3.63, 3.8) is 0 Å². The van der Waals surface area contributed by atoms with Crippen LogP contribution in [0, 0.1) is 12.8 Å². The van der Waals surface area contributed by atoms with Crippen LogP contribution in [0.4, 0.5) is 11.5 Å². The largest absolute Gasteiger partial charge is 0.332 e. The molecule has 4 rings (SSSR count). The lowest BCUT2D eigenvalue weighted by molar-refractivity contribution is 0.636. The number of aromatic nitrogens is 2. The van der Waals surface area contributed by atoms with Crippen molar-refractivity contribution in [2.45, 2.75) is 12.8 Å². The van der Waals surface area contributed by atoms with E-state index in [0.29, 0.717) is 11.4 Å². The van der Waals surface area contributed by atoms with Crippen molar-refractivity contribution >= 4 is 23.9 Å². The van der Waals surface area contributed by atoms with E-state index in [9.17, 15) is 9.59 Å². The van der Waals surface area contributed by atoms with E-state index in [1.165, 1.54) is 17.2 Å². The summed E-state index contributed by atoms with van der Waals surface area (Å²) in [4.78, 5) is 34.5. The molecular weight excluding hydrogens is 364 g/mol. The van der Waals surface area contributed by atoms with Crippen LogP contribution in [-0.2, 0) is 14.1 Å².